The van der Waals surface area contributed by atoms with Crippen LogP contribution in [0.1, 0.15) is 27.3 Å². The van der Waals surface area contributed by atoms with Crippen molar-refractivity contribution in [2.75, 3.05) is 0 Å². The Morgan fingerprint density at radius 1 is 1.23 bits per heavy atom. The van der Waals surface area contributed by atoms with Crippen LogP contribution in [0.4, 0.5) is 13.2 Å². The number of thiazole rings is 1. The molecule has 0 unspecified atom stereocenters. The van der Waals surface area contributed by atoms with E-state index in [0.717, 1.165) is 34.7 Å². The van der Waals surface area contributed by atoms with Gasteiger partial charge in [0.05, 0.1) is 5.56 Å². The highest BCUT2D eigenvalue weighted by atomic mass is 32.1. The number of aryl methyl sites for hydroxylation is 1. The van der Waals surface area contributed by atoms with Crippen LogP contribution in [-0.4, -0.2) is 15.9 Å². The Bertz CT molecular complexity index is 920. The molecule has 0 aliphatic carbocycles. The first-order valence-corrected chi connectivity index (χ1v) is 8.54. The Balaban J connectivity index is 1.71. The van der Waals surface area contributed by atoms with Crippen LogP contribution in [0.2, 0.25) is 0 Å². The third-order valence-corrected chi connectivity index (χ3v) is 4.49. The second-order valence-corrected chi connectivity index (χ2v) is 6.47. The molecule has 0 aliphatic rings. The van der Waals surface area contributed by atoms with Crippen molar-refractivity contribution in [3.8, 4) is 10.6 Å². The third kappa shape index (κ3) is 4.26. The molecule has 0 saturated carbocycles. The lowest BCUT2D eigenvalue weighted by Gasteiger charge is -2.07. The largest absolute Gasteiger partial charge is 0.416 e. The van der Waals surface area contributed by atoms with Gasteiger partial charge in [0.25, 0.3) is 5.91 Å². The Kier molecular flexibility index (Phi) is 5.03. The fraction of sp³-hybridized carbons (Fsp3) is 0.167. The first kappa shape index (κ1) is 18.1. The van der Waals surface area contributed by atoms with E-state index in [0.29, 0.717) is 17.1 Å². The molecule has 0 fully saturated rings. The van der Waals surface area contributed by atoms with E-state index >= 15 is 0 Å². The predicted molar refractivity (Wildman–Crippen MR) is 92.7 cm³/mol. The van der Waals surface area contributed by atoms with Crippen LogP contribution in [0.15, 0.2) is 48.0 Å². The lowest BCUT2D eigenvalue weighted by molar-refractivity contribution is -0.137. The standard InChI is InChI=1S/C18H14F3N3OS/c1-11-5-6-12(8-22-11)9-23-16(25)15-10-26-17(24-15)13-3-2-4-14(7-13)18(19,20)21/h2-8,10H,9H2,1H3,(H,23,25). The van der Waals surface area contributed by atoms with Crippen LogP contribution in [0.5, 0.6) is 0 Å². The second kappa shape index (κ2) is 7.25. The van der Waals surface area contributed by atoms with Gasteiger partial charge in [0.15, 0.2) is 0 Å². The molecular weight excluding hydrogens is 363 g/mol. The number of halogens is 3. The minimum absolute atomic E-state index is 0.169. The summed E-state index contributed by atoms with van der Waals surface area (Å²) in [6, 6.07) is 8.59. The quantitative estimate of drug-likeness (QED) is 0.730. The number of amides is 1. The number of aromatic nitrogens is 2. The van der Waals surface area contributed by atoms with Crippen molar-refractivity contribution in [3.05, 3.63) is 70.5 Å². The lowest BCUT2D eigenvalue weighted by Crippen LogP contribution is -2.23. The van der Waals surface area contributed by atoms with Gasteiger partial charge in [-0.2, -0.15) is 13.2 Å². The molecule has 0 atom stereocenters. The van der Waals surface area contributed by atoms with E-state index in [2.05, 4.69) is 15.3 Å². The predicted octanol–water partition coefficient (Wildman–Crippen LogP) is 4.46. The van der Waals surface area contributed by atoms with Crippen molar-refractivity contribution in [2.45, 2.75) is 19.6 Å². The topological polar surface area (TPSA) is 54.9 Å². The van der Waals surface area contributed by atoms with Crippen molar-refractivity contribution >= 4 is 17.2 Å². The summed E-state index contributed by atoms with van der Waals surface area (Å²) in [7, 11) is 0. The maximum atomic E-state index is 12.8. The monoisotopic (exact) mass is 377 g/mol. The van der Waals surface area contributed by atoms with Gasteiger partial charge in [-0.05, 0) is 30.7 Å². The Morgan fingerprint density at radius 3 is 2.73 bits per heavy atom. The second-order valence-electron chi connectivity index (χ2n) is 5.61. The summed E-state index contributed by atoms with van der Waals surface area (Å²) in [5, 5.41) is 4.61. The molecular formula is C18H14F3N3OS. The lowest BCUT2D eigenvalue weighted by atomic mass is 10.1. The summed E-state index contributed by atoms with van der Waals surface area (Å²) in [6.45, 7) is 2.16. The van der Waals surface area contributed by atoms with Crippen molar-refractivity contribution in [1.29, 1.82) is 0 Å². The summed E-state index contributed by atoms with van der Waals surface area (Å²) in [5.74, 6) is -0.389. The fourth-order valence-corrected chi connectivity index (χ4v) is 3.01. The van der Waals surface area contributed by atoms with E-state index in [1.54, 1.807) is 6.20 Å². The van der Waals surface area contributed by atoms with Crippen LogP contribution in [-0.2, 0) is 12.7 Å². The minimum Gasteiger partial charge on any atom is -0.347 e. The molecule has 0 bridgehead atoms. The number of nitrogens with one attached hydrogen (secondary N) is 1. The number of hydrogen-bond donors (Lipinski definition) is 1. The smallest absolute Gasteiger partial charge is 0.347 e. The van der Waals surface area contributed by atoms with Gasteiger partial charge in [-0.1, -0.05) is 18.2 Å². The molecule has 3 rings (SSSR count). The number of pyridine rings is 1. The van der Waals surface area contributed by atoms with Gasteiger partial charge in [0, 0.05) is 29.4 Å². The number of rotatable bonds is 4. The summed E-state index contributed by atoms with van der Waals surface area (Å²) < 4.78 is 38.5. The van der Waals surface area contributed by atoms with Gasteiger partial charge in [-0.3, -0.25) is 9.78 Å². The van der Waals surface area contributed by atoms with Gasteiger partial charge < -0.3 is 5.32 Å². The summed E-state index contributed by atoms with van der Waals surface area (Å²) in [5.41, 5.74) is 1.47. The zero-order valence-electron chi connectivity index (χ0n) is 13.7. The molecule has 3 aromatic rings. The number of hydrogen-bond acceptors (Lipinski definition) is 4. The average molecular weight is 377 g/mol. The van der Waals surface area contributed by atoms with Crippen LogP contribution in [0.3, 0.4) is 0 Å². The minimum atomic E-state index is -4.42. The zero-order chi connectivity index (χ0) is 18.7. The Hall–Kier alpha value is -2.74. The van der Waals surface area contributed by atoms with E-state index in [4.69, 9.17) is 0 Å². The number of benzene rings is 1. The highest BCUT2D eigenvalue weighted by molar-refractivity contribution is 7.13. The Labute approximate surface area is 151 Å². The van der Waals surface area contributed by atoms with E-state index in [1.807, 2.05) is 19.1 Å². The van der Waals surface area contributed by atoms with Gasteiger partial charge in [0.1, 0.15) is 10.7 Å². The van der Waals surface area contributed by atoms with Crippen LogP contribution in [0, 0.1) is 6.92 Å². The van der Waals surface area contributed by atoms with Crippen molar-refractivity contribution in [3.63, 3.8) is 0 Å². The fourth-order valence-electron chi connectivity index (χ4n) is 2.22. The zero-order valence-corrected chi connectivity index (χ0v) is 14.5. The van der Waals surface area contributed by atoms with Crippen LogP contribution >= 0.6 is 11.3 Å². The summed E-state index contributed by atoms with van der Waals surface area (Å²) in [4.78, 5) is 20.5. The van der Waals surface area contributed by atoms with Crippen molar-refractivity contribution in [1.82, 2.24) is 15.3 Å². The van der Waals surface area contributed by atoms with E-state index < -0.39 is 11.7 Å². The molecule has 2 aromatic heterocycles. The first-order chi connectivity index (χ1) is 12.3. The molecule has 134 valence electrons. The molecule has 0 spiro atoms. The van der Waals surface area contributed by atoms with Gasteiger partial charge in [-0.25, -0.2) is 4.98 Å². The maximum Gasteiger partial charge on any atom is 0.416 e. The highest BCUT2D eigenvalue weighted by Gasteiger charge is 2.30. The molecule has 26 heavy (non-hydrogen) atoms. The van der Waals surface area contributed by atoms with Crippen LogP contribution in [0.25, 0.3) is 10.6 Å². The van der Waals surface area contributed by atoms with Crippen molar-refractivity contribution in [2.24, 2.45) is 0 Å². The third-order valence-electron chi connectivity index (χ3n) is 3.60. The molecule has 0 radical (unpaired) electrons. The molecule has 8 heteroatoms. The van der Waals surface area contributed by atoms with Gasteiger partial charge in [-0.15, -0.1) is 11.3 Å². The summed E-state index contributed by atoms with van der Waals surface area (Å²) >= 11 is 1.12. The molecule has 1 aromatic carbocycles. The number of nitrogens with zero attached hydrogens (tertiary/aromatic N) is 2. The number of carbonyl (C=O) groups excluding carboxylic acids is 1. The van der Waals surface area contributed by atoms with Crippen molar-refractivity contribution < 1.29 is 18.0 Å². The van der Waals surface area contributed by atoms with Gasteiger partial charge >= 0.3 is 6.18 Å². The first-order valence-electron chi connectivity index (χ1n) is 7.66. The molecule has 0 saturated heterocycles. The summed E-state index contributed by atoms with van der Waals surface area (Å²) in [6.07, 6.45) is -2.75. The molecule has 1 N–H and O–H groups in total. The normalized spacial score (nSPS) is 11.4. The molecule has 2 heterocycles. The van der Waals surface area contributed by atoms with E-state index in [-0.39, 0.29) is 11.6 Å². The van der Waals surface area contributed by atoms with Crippen LogP contribution < -0.4 is 5.32 Å². The number of alkyl halides is 3. The SMILES string of the molecule is Cc1ccc(CNC(=O)c2csc(-c3cccc(C(F)(F)F)c3)n2)cn1. The van der Waals surface area contributed by atoms with E-state index in [9.17, 15) is 18.0 Å². The molecule has 1 amide bonds. The number of carbonyl (C=O) groups is 1. The highest BCUT2D eigenvalue weighted by Crippen LogP contribution is 2.33. The maximum absolute atomic E-state index is 12.8. The molecule has 0 aliphatic heterocycles. The van der Waals surface area contributed by atoms with Gasteiger partial charge in [0.2, 0.25) is 0 Å². The average Bonchev–Trinajstić information content (AvgIpc) is 3.11. The molecule has 4 nitrogen and oxygen atoms in total. The Morgan fingerprint density at radius 2 is 2.04 bits per heavy atom. The van der Waals surface area contributed by atoms with E-state index in [1.165, 1.54) is 17.5 Å².